The molecule has 1 saturated heterocycles. The van der Waals surface area contributed by atoms with E-state index >= 15 is 4.79 Å². The van der Waals surface area contributed by atoms with Crippen molar-refractivity contribution in [3.63, 3.8) is 0 Å². The van der Waals surface area contributed by atoms with Crippen molar-refractivity contribution in [2.24, 2.45) is 5.92 Å². The van der Waals surface area contributed by atoms with Crippen LogP contribution in [0.2, 0.25) is 18.6 Å². The van der Waals surface area contributed by atoms with Crippen LogP contribution < -0.4 is 14.5 Å². The summed E-state index contributed by atoms with van der Waals surface area (Å²) in [6.07, 6.45) is 1.82. The minimum Gasteiger partial charge on any atom is -0.482 e. The fourth-order valence-corrected chi connectivity index (χ4v) is 11.1. The number of fused-ring (bicyclic) bond motifs is 3. The molecule has 0 saturated carbocycles. The molecule has 8 rings (SSSR count). The van der Waals surface area contributed by atoms with E-state index in [2.05, 4.69) is 10.3 Å². The fraction of sp³-hybridized carbons (Fsp3) is 0.300. The maximum absolute atomic E-state index is 15.1. The summed E-state index contributed by atoms with van der Waals surface area (Å²) in [4.78, 5) is 43.7. The summed E-state index contributed by atoms with van der Waals surface area (Å²) in [7, 11) is -2.96. The molecule has 5 atom stereocenters. The number of amides is 2. The zero-order valence-electron chi connectivity index (χ0n) is 29.3. The van der Waals surface area contributed by atoms with Crippen molar-refractivity contribution < 1.29 is 29.0 Å². The number of ether oxygens (including phenoxy) is 2. The molecule has 52 heavy (non-hydrogen) atoms. The number of carbonyl (C=O) groups is 2. The van der Waals surface area contributed by atoms with Gasteiger partial charge in [-0.3, -0.25) is 24.1 Å². The Morgan fingerprint density at radius 1 is 0.904 bits per heavy atom. The van der Waals surface area contributed by atoms with Crippen LogP contribution in [0.15, 0.2) is 109 Å². The zero-order chi connectivity index (χ0) is 36.2. The molecule has 266 valence electrons. The second kappa shape index (κ2) is 13.1. The number of carbonyl (C=O) groups excluding carboxylic acids is 2. The highest BCUT2D eigenvalue weighted by Crippen LogP contribution is 2.61. The molecule has 5 aromatic rings. The molecule has 3 aliphatic rings. The van der Waals surface area contributed by atoms with Crippen LogP contribution in [0.5, 0.6) is 5.75 Å². The van der Waals surface area contributed by atoms with Gasteiger partial charge in [0.25, 0.3) is 11.8 Å². The van der Waals surface area contributed by atoms with E-state index in [1.807, 2.05) is 129 Å². The Labute approximate surface area is 303 Å². The van der Waals surface area contributed by atoms with Crippen molar-refractivity contribution >= 4 is 42.9 Å². The zero-order valence-corrected chi connectivity index (χ0v) is 30.3. The Balaban J connectivity index is 1.18. The Morgan fingerprint density at radius 3 is 2.35 bits per heavy atom. The second-order valence-electron chi connectivity index (χ2n) is 14.4. The molecule has 3 aliphatic heterocycles. The molecule has 0 bridgehead atoms. The summed E-state index contributed by atoms with van der Waals surface area (Å²) in [5.41, 5.74) is 3.13. The monoisotopic (exact) mass is 715 g/mol. The van der Waals surface area contributed by atoms with Gasteiger partial charge in [-0.15, -0.1) is 5.10 Å². The largest absolute Gasteiger partial charge is 0.482 e. The number of rotatable bonds is 9. The van der Waals surface area contributed by atoms with Gasteiger partial charge in [-0.1, -0.05) is 72.8 Å². The van der Waals surface area contributed by atoms with Crippen LogP contribution in [0.25, 0.3) is 0 Å². The number of benzene rings is 4. The number of aliphatic hydroxyl groups excluding tert-OH is 1. The van der Waals surface area contributed by atoms with Gasteiger partial charge in [-0.05, 0) is 67.5 Å². The van der Waals surface area contributed by atoms with E-state index in [9.17, 15) is 14.7 Å². The van der Waals surface area contributed by atoms with Gasteiger partial charge < -0.3 is 19.4 Å². The third-order valence-electron chi connectivity index (χ3n) is 10.8. The van der Waals surface area contributed by atoms with E-state index in [0.29, 0.717) is 52.7 Å². The number of aromatic nitrogens is 3. The topological polar surface area (TPSA) is 130 Å². The van der Waals surface area contributed by atoms with Crippen molar-refractivity contribution in [1.82, 2.24) is 15.0 Å². The smallest absolute Gasteiger partial charge is 0.269 e. The average molecular weight is 716 g/mol. The summed E-state index contributed by atoms with van der Waals surface area (Å²) < 4.78 is 14.6. The van der Waals surface area contributed by atoms with Crippen LogP contribution in [0, 0.1) is 5.92 Å². The lowest BCUT2D eigenvalue weighted by molar-refractivity contribution is -0.145. The Kier molecular flexibility index (Phi) is 8.57. The first-order chi connectivity index (χ1) is 25.1. The highest BCUT2D eigenvalue weighted by Gasteiger charge is 2.66. The van der Waals surface area contributed by atoms with Gasteiger partial charge in [-0.25, -0.2) is 0 Å². The van der Waals surface area contributed by atoms with E-state index in [1.54, 1.807) is 14.5 Å². The fourth-order valence-electron chi connectivity index (χ4n) is 8.52. The number of hydrogen-bond acceptors (Lipinski definition) is 8. The number of anilines is 4. The van der Waals surface area contributed by atoms with Gasteiger partial charge in [-0.2, -0.15) is 0 Å². The number of para-hydroxylation sites is 3. The summed E-state index contributed by atoms with van der Waals surface area (Å²) in [6.45, 7) is 6.02. The van der Waals surface area contributed by atoms with E-state index in [4.69, 9.17) is 9.47 Å². The molecular weight excluding hydrogens is 675 g/mol. The van der Waals surface area contributed by atoms with E-state index in [1.165, 1.54) is 0 Å². The summed E-state index contributed by atoms with van der Waals surface area (Å²) in [5, 5.41) is 19.0. The molecule has 1 unspecified atom stereocenters. The first kappa shape index (κ1) is 34.0. The van der Waals surface area contributed by atoms with E-state index in [0.717, 1.165) is 5.56 Å². The molecule has 1 aromatic heterocycles. The molecule has 1 fully saturated rings. The van der Waals surface area contributed by atoms with Gasteiger partial charge in [0.15, 0.2) is 20.5 Å². The van der Waals surface area contributed by atoms with Crippen LogP contribution in [0.1, 0.15) is 36.1 Å². The maximum atomic E-state index is 15.1. The van der Waals surface area contributed by atoms with Crippen LogP contribution in [-0.4, -0.2) is 64.3 Å². The third kappa shape index (κ3) is 5.53. The molecule has 2 N–H and O–H groups in total. The Morgan fingerprint density at radius 2 is 1.62 bits per heavy atom. The van der Waals surface area contributed by atoms with Gasteiger partial charge in [0.1, 0.15) is 5.75 Å². The average Bonchev–Trinajstić information content (AvgIpc) is 3.81. The SMILES string of the molecule is C[C@@H]1[C@@H]([Si](C)(C)O)[C@H](CCn2cc(C(CO)c3ccccc3)nn2)O[C@@]12C(=O)N(c1ccccc1)c1ccc(N3C(=O)COc4ccccc43)cc12. The lowest BCUT2D eigenvalue weighted by atomic mass is 9.82. The van der Waals surface area contributed by atoms with Crippen molar-refractivity contribution in [3.05, 3.63) is 126 Å². The summed E-state index contributed by atoms with van der Waals surface area (Å²) in [5.74, 6) is -0.568. The molecule has 2 amide bonds. The predicted molar refractivity (Wildman–Crippen MR) is 198 cm³/mol. The highest BCUT2D eigenvalue weighted by molar-refractivity contribution is 6.71. The summed E-state index contributed by atoms with van der Waals surface area (Å²) in [6, 6.07) is 32.2. The van der Waals surface area contributed by atoms with Gasteiger partial charge in [0.2, 0.25) is 0 Å². The molecule has 11 nitrogen and oxygen atoms in total. The maximum Gasteiger partial charge on any atom is 0.269 e. The number of aliphatic hydroxyl groups is 1. The lowest BCUT2D eigenvalue weighted by Crippen LogP contribution is -2.45. The standard InChI is InChI=1S/C40H41N5O6Si/c1-26-38(52(2,3)49)36(20-21-43-23-32(41-42-43)30(24-46)27-12-6-4-7-13-27)51-40(26)31-22-29(44-34-16-10-11-17-35(34)50-25-37(44)47)18-19-33(31)45(39(40)48)28-14-8-5-9-15-28/h4-19,22-23,26,30,36,38,46,49H,20-21,24-25H2,1-3H3/t26-,30?,36+,38-,40+/m1/s1. The van der Waals surface area contributed by atoms with Crippen molar-refractivity contribution in [2.45, 2.75) is 56.1 Å². The quantitative estimate of drug-likeness (QED) is 0.177. The first-order valence-electron chi connectivity index (χ1n) is 17.7. The van der Waals surface area contributed by atoms with E-state index in [-0.39, 0.29) is 36.5 Å². The number of nitrogens with zero attached hydrogens (tertiary/aromatic N) is 5. The van der Waals surface area contributed by atoms with Crippen molar-refractivity contribution in [2.75, 3.05) is 23.0 Å². The molecule has 0 radical (unpaired) electrons. The third-order valence-corrected chi connectivity index (χ3v) is 13.3. The number of aryl methyl sites for hydroxylation is 1. The van der Waals surface area contributed by atoms with Crippen molar-refractivity contribution in [3.8, 4) is 5.75 Å². The van der Waals surface area contributed by atoms with Crippen molar-refractivity contribution in [1.29, 1.82) is 0 Å². The molecule has 4 aromatic carbocycles. The Bertz CT molecular complexity index is 2120. The van der Waals surface area contributed by atoms with E-state index < -0.39 is 25.9 Å². The normalized spacial score (nSPS) is 23.1. The van der Waals surface area contributed by atoms with Crippen LogP contribution in [-0.2, 0) is 26.5 Å². The molecule has 1 spiro atoms. The van der Waals surface area contributed by atoms with Gasteiger partial charge >= 0.3 is 0 Å². The van der Waals surface area contributed by atoms with Gasteiger partial charge in [0.05, 0.1) is 35.7 Å². The predicted octanol–water partition coefficient (Wildman–Crippen LogP) is 6.03. The Hall–Kier alpha value is -5.14. The highest BCUT2D eigenvalue weighted by atomic mass is 28.4. The minimum atomic E-state index is -2.96. The summed E-state index contributed by atoms with van der Waals surface area (Å²) >= 11 is 0. The first-order valence-corrected chi connectivity index (χ1v) is 20.7. The lowest BCUT2D eigenvalue weighted by Gasteiger charge is -2.33. The molecule has 4 heterocycles. The van der Waals surface area contributed by atoms with Crippen LogP contribution >= 0.6 is 0 Å². The second-order valence-corrected chi connectivity index (χ2v) is 18.3. The van der Waals surface area contributed by atoms with Gasteiger partial charge in [0, 0.05) is 41.1 Å². The van der Waals surface area contributed by atoms with Crippen LogP contribution in [0.3, 0.4) is 0 Å². The number of hydrogen-bond donors (Lipinski definition) is 2. The molecule has 0 aliphatic carbocycles. The molecule has 12 heteroatoms. The van der Waals surface area contributed by atoms with Crippen LogP contribution in [0.4, 0.5) is 22.7 Å². The molecular formula is C40H41N5O6Si. The minimum absolute atomic E-state index is 0.107.